The summed E-state index contributed by atoms with van der Waals surface area (Å²) in [6.45, 7) is 1.92. The van der Waals surface area contributed by atoms with E-state index in [1.54, 1.807) is 12.3 Å². The highest BCUT2D eigenvalue weighted by atomic mass is 19.1. The molecule has 2 fully saturated rings. The van der Waals surface area contributed by atoms with Gasteiger partial charge in [-0.25, -0.2) is 19.3 Å². The van der Waals surface area contributed by atoms with Gasteiger partial charge in [0.25, 0.3) is 0 Å². The Bertz CT molecular complexity index is 1060. The van der Waals surface area contributed by atoms with Gasteiger partial charge in [-0.3, -0.25) is 4.79 Å². The van der Waals surface area contributed by atoms with Crippen LogP contribution in [0.3, 0.4) is 0 Å². The molecular formula is C20H18FN7O. The van der Waals surface area contributed by atoms with Gasteiger partial charge in [0.15, 0.2) is 11.6 Å². The highest BCUT2D eigenvalue weighted by molar-refractivity contribution is 5.98. The van der Waals surface area contributed by atoms with Gasteiger partial charge >= 0.3 is 0 Å². The smallest absolute Gasteiger partial charge is 0.247 e. The molecule has 0 radical (unpaired) electrons. The Hall–Kier alpha value is -3.49. The van der Waals surface area contributed by atoms with Crippen LogP contribution in [0, 0.1) is 18.7 Å². The first-order chi connectivity index (χ1) is 14.1. The monoisotopic (exact) mass is 391 g/mol. The fourth-order valence-electron chi connectivity index (χ4n) is 3.95. The van der Waals surface area contributed by atoms with Crippen molar-refractivity contribution in [3.05, 3.63) is 54.4 Å². The molecular weight excluding hydrogens is 373 g/mol. The molecule has 2 aliphatic rings. The van der Waals surface area contributed by atoms with Crippen LogP contribution < -0.4 is 10.2 Å². The number of carbonyl (C=O) groups excluding carboxylic acids is 1. The molecule has 9 heteroatoms. The van der Waals surface area contributed by atoms with E-state index in [-0.39, 0.29) is 11.9 Å². The van der Waals surface area contributed by atoms with Crippen molar-refractivity contribution in [2.75, 3.05) is 10.2 Å². The quantitative estimate of drug-likeness (QED) is 0.729. The van der Waals surface area contributed by atoms with E-state index in [1.807, 2.05) is 24.0 Å². The van der Waals surface area contributed by atoms with Gasteiger partial charge < -0.3 is 10.2 Å². The third-order valence-corrected chi connectivity index (χ3v) is 5.47. The molecule has 1 N–H and O–H groups in total. The minimum atomic E-state index is -0.492. The number of halogens is 1. The van der Waals surface area contributed by atoms with Crippen molar-refractivity contribution in [2.24, 2.45) is 5.92 Å². The van der Waals surface area contributed by atoms with E-state index in [2.05, 4.69) is 30.5 Å². The number of aromatic nitrogens is 5. The molecule has 2 aromatic heterocycles. The number of hydrogen-bond donors (Lipinski definition) is 1. The number of nitrogens with one attached hydrogen (secondary N) is 1. The van der Waals surface area contributed by atoms with Gasteiger partial charge in [0.1, 0.15) is 6.04 Å². The summed E-state index contributed by atoms with van der Waals surface area (Å²) in [6, 6.07) is 5.49. The first kappa shape index (κ1) is 17.6. The van der Waals surface area contributed by atoms with Gasteiger partial charge in [0, 0.05) is 17.3 Å². The molecule has 8 nitrogen and oxygen atoms in total. The molecule has 5 rings (SSSR count). The zero-order valence-corrected chi connectivity index (χ0v) is 15.7. The van der Waals surface area contributed by atoms with E-state index >= 15 is 0 Å². The van der Waals surface area contributed by atoms with Crippen LogP contribution in [0.1, 0.15) is 18.4 Å². The average molecular weight is 391 g/mol. The standard InChI is InChI=1S/C20H18FN7O/c1-11-2-3-14(8-15(11)18-23-9-13(21)10-24-18)26-19(29)17-7-12-6-16(12)28(17)20-22-4-5-25-27-20/h2-5,8-10,12,16-17H,6-7H2,1H3,(H,26,29)/t12-,16-,17+/m0/s1. The normalized spacial score (nSPS) is 22.3. The van der Waals surface area contributed by atoms with Crippen LogP contribution in [-0.2, 0) is 4.79 Å². The van der Waals surface area contributed by atoms with Gasteiger partial charge in [-0.1, -0.05) is 6.07 Å². The predicted octanol–water partition coefficient (Wildman–Crippen LogP) is 2.38. The molecule has 29 heavy (non-hydrogen) atoms. The van der Waals surface area contributed by atoms with Gasteiger partial charge in [0.05, 0.1) is 24.8 Å². The fraction of sp³-hybridized carbons (Fsp3) is 0.300. The zero-order valence-electron chi connectivity index (χ0n) is 15.7. The van der Waals surface area contributed by atoms with Crippen LogP contribution in [0.4, 0.5) is 16.0 Å². The number of nitrogens with zero attached hydrogens (tertiary/aromatic N) is 6. The van der Waals surface area contributed by atoms with Crippen LogP contribution in [0.25, 0.3) is 11.4 Å². The summed E-state index contributed by atoms with van der Waals surface area (Å²) < 4.78 is 13.1. The summed E-state index contributed by atoms with van der Waals surface area (Å²) in [7, 11) is 0. The third-order valence-electron chi connectivity index (χ3n) is 5.47. The van der Waals surface area contributed by atoms with Crippen molar-refractivity contribution in [1.29, 1.82) is 0 Å². The molecule has 1 amide bonds. The second-order valence-electron chi connectivity index (χ2n) is 7.41. The molecule has 1 aromatic carbocycles. The zero-order chi connectivity index (χ0) is 20.0. The van der Waals surface area contributed by atoms with Crippen molar-refractivity contribution >= 4 is 17.5 Å². The molecule has 0 unspecified atom stereocenters. The Balaban J connectivity index is 1.38. The summed E-state index contributed by atoms with van der Waals surface area (Å²) >= 11 is 0. The van der Waals surface area contributed by atoms with Crippen LogP contribution in [0.15, 0.2) is 43.0 Å². The highest BCUT2D eigenvalue weighted by Gasteiger charge is 2.55. The molecule has 146 valence electrons. The maximum Gasteiger partial charge on any atom is 0.247 e. The summed E-state index contributed by atoms with van der Waals surface area (Å²) in [4.78, 5) is 27.4. The number of amides is 1. The highest BCUT2D eigenvalue weighted by Crippen LogP contribution is 2.49. The van der Waals surface area contributed by atoms with Gasteiger partial charge in [-0.2, -0.15) is 5.10 Å². The maximum atomic E-state index is 13.1. The summed E-state index contributed by atoms with van der Waals surface area (Å²) in [5.74, 6) is 0.790. The second-order valence-corrected chi connectivity index (χ2v) is 7.41. The number of benzene rings is 1. The Morgan fingerprint density at radius 2 is 2.00 bits per heavy atom. The number of carbonyl (C=O) groups is 1. The molecule has 3 atom stereocenters. The first-order valence-electron chi connectivity index (χ1n) is 9.41. The van der Waals surface area contributed by atoms with Crippen molar-refractivity contribution in [2.45, 2.75) is 31.8 Å². The van der Waals surface area contributed by atoms with E-state index < -0.39 is 5.82 Å². The molecule has 3 aromatic rings. The minimum Gasteiger partial charge on any atom is -0.324 e. The first-order valence-corrected chi connectivity index (χ1v) is 9.41. The Labute approximate surface area is 166 Å². The summed E-state index contributed by atoms with van der Waals surface area (Å²) in [5, 5.41) is 11.0. The average Bonchev–Trinajstić information content (AvgIpc) is 3.40. The lowest BCUT2D eigenvalue weighted by molar-refractivity contribution is -0.117. The number of fused-ring (bicyclic) bond motifs is 1. The minimum absolute atomic E-state index is 0.112. The van der Waals surface area contributed by atoms with E-state index in [4.69, 9.17) is 0 Å². The van der Waals surface area contributed by atoms with Crippen molar-refractivity contribution < 1.29 is 9.18 Å². The molecule has 0 bridgehead atoms. The Kier molecular flexibility index (Phi) is 4.15. The molecule has 1 aliphatic carbocycles. The van der Waals surface area contributed by atoms with Gasteiger partial charge in [-0.05, 0) is 43.4 Å². The van der Waals surface area contributed by atoms with Crippen LogP contribution in [0.5, 0.6) is 0 Å². The molecule has 1 saturated heterocycles. The molecule has 1 saturated carbocycles. The van der Waals surface area contributed by atoms with Gasteiger partial charge in [-0.15, -0.1) is 5.10 Å². The SMILES string of the molecule is Cc1ccc(NC(=O)[C@H]2C[C@@H]3C[C@@H]3N2c2nccnn2)cc1-c1ncc(F)cn1. The van der Waals surface area contributed by atoms with E-state index in [0.29, 0.717) is 29.4 Å². The van der Waals surface area contributed by atoms with Crippen molar-refractivity contribution in [1.82, 2.24) is 25.1 Å². The topological polar surface area (TPSA) is 96.8 Å². The van der Waals surface area contributed by atoms with E-state index in [9.17, 15) is 9.18 Å². The van der Waals surface area contributed by atoms with Crippen LogP contribution in [0.2, 0.25) is 0 Å². The largest absolute Gasteiger partial charge is 0.324 e. The maximum absolute atomic E-state index is 13.1. The lowest BCUT2D eigenvalue weighted by Crippen LogP contribution is -2.43. The fourth-order valence-corrected chi connectivity index (χ4v) is 3.95. The molecule has 1 aliphatic heterocycles. The van der Waals surface area contributed by atoms with Crippen molar-refractivity contribution in [3.8, 4) is 11.4 Å². The second kappa shape index (κ2) is 6.84. The number of anilines is 2. The molecule has 0 spiro atoms. The number of piperidine rings is 1. The van der Waals surface area contributed by atoms with Gasteiger partial charge in [0.2, 0.25) is 11.9 Å². The lowest BCUT2D eigenvalue weighted by Gasteiger charge is -2.26. The predicted molar refractivity (Wildman–Crippen MR) is 103 cm³/mol. The number of aryl methyl sites for hydroxylation is 1. The van der Waals surface area contributed by atoms with E-state index in [0.717, 1.165) is 36.4 Å². The van der Waals surface area contributed by atoms with Crippen LogP contribution >= 0.6 is 0 Å². The van der Waals surface area contributed by atoms with E-state index in [1.165, 1.54) is 6.20 Å². The van der Waals surface area contributed by atoms with Crippen molar-refractivity contribution in [3.63, 3.8) is 0 Å². The number of hydrogen-bond acceptors (Lipinski definition) is 7. The Morgan fingerprint density at radius 1 is 1.17 bits per heavy atom. The lowest BCUT2D eigenvalue weighted by atomic mass is 10.1. The third kappa shape index (κ3) is 3.28. The summed E-state index contributed by atoms with van der Waals surface area (Å²) in [5.41, 5.74) is 2.31. The number of rotatable bonds is 4. The molecule has 3 heterocycles. The van der Waals surface area contributed by atoms with Crippen LogP contribution in [-0.4, -0.2) is 43.1 Å². The summed E-state index contributed by atoms with van der Waals surface area (Å²) in [6.07, 6.45) is 7.19. The Morgan fingerprint density at radius 3 is 2.76 bits per heavy atom.